The summed E-state index contributed by atoms with van der Waals surface area (Å²) in [6.07, 6.45) is -4.61. The number of nitrogens with zero attached hydrogens (tertiary/aromatic N) is 3. The average Bonchev–Trinajstić information content (AvgIpc) is 3.27. The van der Waals surface area contributed by atoms with Crippen molar-refractivity contribution in [1.29, 1.82) is 0 Å². The number of aliphatic hydroxyl groups is 2. The number of anilines is 1. The van der Waals surface area contributed by atoms with Crippen LogP contribution < -0.4 is 15.8 Å². The fourth-order valence-electron chi connectivity index (χ4n) is 5.03. The molecule has 5 N–H and O–H groups in total. The van der Waals surface area contributed by atoms with E-state index in [0.717, 1.165) is 18.6 Å². The van der Waals surface area contributed by atoms with E-state index >= 15 is 0 Å². The Kier molecular flexibility index (Phi) is 5.61. The van der Waals surface area contributed by atoms with Gasteiger partial charge in [0.25, 0.3) is 6.43 Å². The summed E-state index contributed by atoms with van der Waals surface area (Å²) in [5.41, 5.74) is 5.65. The van der Waals surface area contributed by atoms with Crippen molar-refractivity contribution in [2.75, 3.05) is 12.3 Å². The van der Waals surface area contributed by atoms with E-state index < -0.39 is 48.0 Å². The third-order valence-corrected chi connectivity index (χ3v) is 6.71. The summed E-state index contributed by atoms with van der Waals surface area (Å²) < 4.78 is 63.8. The van der Waals surface area contributed by atoms with Crippen molar-refractivity contribution in [3.63, 3.8) is 0 Å². The molecule has 182 valence electrons. The molecule has 0 spiro atoms. The summed E-state index contributed by atoms with van der Waals surface area (Å²) >= 11 is 0. The molecule has 8 nitrogen and oxygen atoms in total. The molecule has 0 saturated heterocycles. The van der Waals surface area contributed by atoms with Crippen LogP contribution >= 0.6 is 0 Å². The van der Waals surface area contributed by atoms with Gasteiger partial charge in [0, 0.05) is 36.8 Å². The minimum absolute atomic E-state index is 0.00854. The number of nitrogens with two attached hydrogens (primary N) is 1. The minimum Gasteiger partial charge on any atom is -0.487 e. The third kappa shape index (κ3) is 3.48. The molecule has 3 aromatic rings. The Hall–Kier alpha value is -2.96. The van der Waals surface area contributed by atoms with Crippen LogP contribution in [-0.2, 0) is 6.54 Å². The van der Waals surface area contributed by atoms with Crippen molar-refractivity contribution >= 4 is 16.9 Å². The molecule has 1 aliphatic carbocycles. The Bertz CT molecular complexity index is 1250. The molecule has 0 radical (unpaired) electrons. The predicted molar refractivity (Wildman–Crippen MR) is 113 cm³/mol. The van der Waals surface area contributed by atoms with Crippen molar-refractivity contribution in [1.82, 2.24) is 19.9 Å². The molecular formula is C22H23F4N5O3. The lowest BCUT2D eigenvalue weighted by molar-refractivity contribution is -0.0168. The number of alkyl halides is 2. The molecule has 0 amide bonds. The Balaban J connectivity index is 1.51. The van der Waals surface area contributed by atoms with Gasteiger partial charge in [-0.25, -0.2) is 27.5 Å². The van der Waals surface area contributed by atoms with E-state index in [1.54, 1.807) is 6.92 Å². The van der Waals surface area contributed by atoms with Crippen LogP contribution in [0.1, 0.15) is 48.4 Å². The van der Waals surface area contributed by atoms with Crippen molar-refractivity contribution in [2.24, 2.45) is 0 Å². The maximum atomic E-state index is 14.8. The smallest absolute Gasteiger partial charge is 0.266 e. The largest absolute Gasteiger partial charge is 0.487 e. The molecule has 5 rings (SSSR count). The van der Waals surface area contributed by atoms with Gasteiger partial charge in [0.15, 0.2) is 5.82 Å². The summed E-state index contributed by atoms with van der Waals surface area (Å²) in [5.74, 6) is -2.06. The number of nitrogen functional groups attached to an aromatic ring is 1. The van der Waals surface area contributed by atoms with Gasteiger partial charge in [-0.05, 0) is 12.0 Å². The molecule has 1 fully saturated rings. The molecule has 2 aromatic heterocycles. The second kappa shape index (κ2) is 8.36. The number of benzene rings is 1. The van der Waals surface area contributed by atoms with Crippen LogP contribution in [0, 0.1) is 11.6 Å². The highest BCUT2D eigenvalue weighted by molar-refractivity contribution is 5.86. The normalized spacial score (nSPS) is 26.9. The number of rotatable bonds is 4. The van der Waals surface area contributed by atoms with E-state index in [9.17, 15) is 27.8 Å². The summed E-state index contributed by atoms with van der Waals surface area (Å²) in [5, 5.41) is 24.5. The first-order valence-corrected chi connectivity index (χ1v) is 10.8. The zero-order chi connectivity index (χ0) is 24.3. The number of hydrogen-bond acceptors (Lipinski definition) is 7. The first-order chi connectivity index (χ1) is 16.2. The van der Waals surface area contributed by atoms with E-state index in [1.165, 1.54) is 4.57 Å². The zero-order valence-corrected chi connectivity index (χ0v) is 18.1. The zero-order valence-electron chi connectivity index (χ0n) is 18.1. The standard InChI is InChI=1S/C22H23F4N5O3/c1-8-4-28-5-10-13(2-9(20(25)26)17(24)15(8)10)34-14-3-12(18(32)19(14)33)31-6-11(23)16-21(27)29-7-30-22(16)31/h2,6-8,12,14,18-20,28,32-33H,3-5H2,1H3,(H2,27,29,30)/t8?,12-,14+,18+,19-/m1/s1. The number of fused-ring (bicyclic) bond motifs is 2. The molecule has 12 heteroatoms. The SMILES string of the molecule is CC1CNCc2c(O[C@H]3C[C@@H](n4cc(F)c5c(N)ncnc54)[C@H](O)[C@@H]3O)cc(C(F)F)c(F)c21. The molecule has 1 aromatic carbocycles. The van der Waals surface area contributed by atoms with Crippen LogP contribution in [0.5, 0.6) is 5.75 Å². The first-order valence-electron chi connectivity index (χ1n) is 10.8. The van der Waals surface area contributed by atoms with Gasteiger partial charge in [0.2, 0.25) is 0 Å². The average molecular weight is 481 g/mol. The lowest BCUT2D eigenvalue weighted by Gasteiger charge is -2.29. The van der Waals surface area contributed by atoms with Gasteiger partial charge >= 0.3 is 0 Å². The highest BCUT2D eigenvalue weighted by Crippen LogP contribution is 2.42. The molecule has 5 atom stereocenters. The highest BCUT2D eigenvalue weighted by Gasteiger charge is 2.45. The van der Waals surface area contributed by atoms with Crippen molar-refractivity contribution in [2.45, 2.75) is 56.6 Å². The first kappa shape index (κ1) is 22.8. The molecule has 2 aliphatic rings. The molecule has 34 heavy (non-hydrogen) atoms. The fourth-order valence-corrected chi connectivity index (χ4v) is 5.03. The van der Waals surface area contributed by atoms with Crippen LogP contribution in [0.25, 0.3) is 11.0 Å². The Morgan fingerprint density at radius 3 is 2.74 bits per heavy atom. The number of aliphatic hydroxyl groups excluding tert-OH is 2. The monoisotopic (exact) mass is 481 g/mol. The van der Waals surface area contributed by atoms with Crippen LogP contribution in [0.15, 0.2) is 18.6 Å². The van der Waals surface area contributed by atoms with Crippen LogP contribution in [-0.4, -0.2) is 49.6 Å². The van der Waals surface area contributed by atoms with Gasteiger partial charge < -0.3 is 30.6 Å². The fraction of sp³-hybridized carbons (Fsp3) is 0.455. The van der Waals surface area contributed by atoms with E-state index in [4.69, 9.17) is 10.5 Å². The summed E-state index contributed by atoms with van der Waals surface area (Å²) in [7, 11) is 0. The number of aromatic nitrogens is 3. The second-order valence-corrected chi connectivity index (χ2v) is 8.79. The van der Waals surface area contributed by atoms with E-state index in [0.29, 0.717) is 12.1 Å². The molecule has 1 aliphatic heterocycles. The Morgan fingerprint density at radius 2 is 2.00 bits per heavy atom. The third-order valence-electron chi connectivity index (χ3n) is 6.71. The van der Waals surface area contributed by atoms with Crippen molar-refractivity contribution < 1.29 is 32.5 Å². The maximum Gasteiger partial charge on any atom is 0.266 e. The van der Waals surface area contributed by atoms with Crippen molar-refractivity contribution in [3.05, 3.63) is 46.9 Å². The number of ether oxygens (including phenoxy) is 1. The van der Waals surface area contributed by atoms with Gasteiger partial charge in [-0.2, -0.15) is 0 Å². The topological polar surface area (TPSA) is 118 Å². The molecule has 1 saturated carbocycles. The minimum atomic E-state index is -3.05. The molecule has 1 unspecified atom stereocenters. The van der Waals surface area contributed by atoms with Crippen LogP contribution in [0.2, 0.25) is 0 Å². The van der Waals surface area contributed by atoms with E-state index in [2.05, 4.69) is 15.3 Å². The van der Waals surface area contributed by atoms with Gasteiger partial charge in [-0.1, -0.05) is 6.92 Å². The highest BCUT2D eigenvalue weighted by atomic mass is 19.3. The van der Waals surface area contributed by atoms with Crippen LogP contribution in [0.4, 0.5) is 23.4 Å². The summed E-state index contributed by atoms with van der Waals surface area (Å²) in [6.45, 7) is 2.34. The van der Waals surface area contributed by atoms with Gasteiger partial charge in [0.1, 0.15) is 47.7 Å². The summed E-state index contributed by atoms with van der Waals surface area (Å²) in [6, 6.07) is 0.105. The lowest BCUT2D eigenvalue weighted by atomic mass is 9.89. The van der Waals surface area contributed by atoms with Crippen LogP contribution in [0.3, 0.4) is 0 Å². The Morgan fingerprint density at radius 1 is 1.24 bits per heavy atom. The molecule has 3 heterocycles. The quantitative estimate of drug-likeness (QED) is 0.423. The molecule has 0 bridgehead atoms. The van der Waals surface area contributed by atoms with Crippen molar-refractivity contribution in [3.8, 4) is 5.75 Å². The molecular weight excluding hydrogens is 458 g/mol. The van der Waals surface area contributed by atoms with E-state index in [-0.39, 0.29) is 47.0 Å². The van der Waals surface area contributed by atoms with Gasteiger partial charge in [-0.15, -0.1) is 0 Å². The number of hydrogen-bond donors (Lipinski definition) is 4. The van der Waals surface area contributed by atoms with E-state index in [1.807, 2.05) is 0 Å². The number of halogens is 4. The van der Waals surface area contributed by atoms with Gasteiger partial charge in [-0.3, -0.25) is 0 Å². The lowest BCUT2D eigenvalue weighted by Crippen LogP contribution is -2.35. The second-order valence-electron chi connectivity index (χ2n) is 8.79. The Labute approximate surface area is 191 Å². The maximum absolute atomic E-state index is 14.8. The summed E-state index contributed by atoms with van der Waals surface area (Å²) in [4.78, 5) is 7.82. The van der Waals surface area contributed by atoms with Gasteiger partial charge in [0.05, 0.1) is 17.0 Å². The number of nitrogens with one attached hydrogen (secondary N) is 1. The predicted octanol–water partition coefficient (Wildman–Crippen LogP) is 2.55.